The Labute approximate surface area is 115 Å². The Hall–Kier alpha value is -1.10. The molecule has 0 aliphatic heterocycles. The summed E-state index contributed by atoms with van der Waals surface area (Å²) in [7, 11) is 1.65. The minimum atomic E-state index is -1.01. The molecule has 0 unspecified atom stereocenters. The van der Waals surface area contributed by atoms with Crippen molar-refractivity contribution >= 4 is 0 Å². The van der Waals surface area contributed by atoms with Gasteiger partial charge in [0.1, 0.15) is 5.75 Å². The summed E-state index contributed by atoms with van der Waals surface area (Å²) >= 11 is 0. The van der Waals surface area contributed by atoms with Gasteiger partial charge in [0.15, 0.2) is 0 Å². The van der Waals surface area contributed by atoms with Crippen molar-refractivity contribution < 1.29 is 18.9 Å². The first-order valence-electron chi connectivity index (χ1n) is 6.74. The Balaban J connectivity index is 2.90. The van der Waals surface area contributed by atoms with Crippen LogP contribution in [0.3, 0.4) is 0 Å². The fraction of sp³-hybridized carbons (Fsp3) is 0.600. The highest BCUT2D eigenvalue weighted by Crippen LogP contribution is 2.24. The quantitative estimate of drug-likeness (QED) is 0.645. The molecule has 0 heterocycles. The molecule has 108 valence electrons. The fourth-order valence-corrected chi connectivity index (χ4v) is 1.97. The SMILES string of the molecule is CCOC(Cc1cccc(OC)c1)(OCC)OCC. The number of ether oxygens (including phenoxy) is 4. The van der Waals surface area contributed by atoms with Crippen LogP contribution in [0, 0.1) is 0 Å². The first-order chi connectivity index (χ1) is 9.19. The van der Waals surface area contributed by atoms with E-state index in [1.807, 2.05) is 45.0 Å². The monoisotopic (exact) mass is 268 g/mol. The van der Waals surface area contributed by atoms with Crippen LogP contribution in [0.1, 0.15) is 26.3 Å². The summed E-state index contributed by atoms with van der Waals surface area (Å²) in [5.74, 6) is -0.194. The molecule has 0 amide bonds. The van der Waals surface area contributed by atoms with Crippen LogP contribution in [0.5, 0.6) is 5.75 Å². The van der Waals surface area contributed by atoms with E-state index in [0.717, 1.165) is 11.3 Å². The predicted octanol–water partition coefficient (Wildman–Crippen LogP) is 3.00. The third-order valence-electron chi connectivity index (χ3n) is 2.65. The minimum Gasteiger partial charge on any atom is -0.497 e. The summed E-state index contributed by atoms with van der Waals surface area (Å²) in [6.45, 7) is 7.38. The molecule has 1 aromatic rings. The molecular formula is C15H24O4. The van der Waals surface area contributed by atoms with Crippen LogP contribution in [0.4, 0.5) is 0 Å². The highest BCUT2D eigenvalue weighted by Gasteiger charge is 2.32. The second-order valence-electron chi connectivity index (χ2n) is 4.01. The Bertz CT molecular complexity index is 348. The van der Waals surface area contributed by atoms with Gasteiger partial charge in [-0.1, -0.05) is 12.1 Å². The fourth-order valence-electron chi connectivity index (χ4n) is 1.97. The van der Waals surface area contributed by atoms with Crippen molar-refractivity contribution in [2.45, 2.75) is 33.2 Å². The van der Waals surface area contributed by atoms with E-state index in [1.54, 1.807) is 7.11 Å². The normalized spacial score (nSPS) is 11.6. The Kier molecular flexibility index (Phi) is 6.84. The van der Waals surface area contributed by atoms with Gasteiger partial charge in [0.2, 0.25) is 0 Å². The molecule has 0 atom stereocenters. The minimum absolute atomic E-state index is 0.528. The van der Waals surface area contributed by atoms with Gasteiger partial charge in [0.05, 0.1) is 13.5 Å². The molecule has 1 rings (SSSR count). The van der Waals surface area contributed by atoms with Crippen molar-refractivity contribution in [1.82, 2.24) is 0 Å². The summed E-state index contributed by atoms with van der Waals surface area (Å²) in [5, 5.41) is 0. The molecule has 0 aliphatic rings. The van der Waals surface area contributed by atoms with E-state index in [0.29, 0.717) is 26.2 Å². The molecule has 0 radical (unpaired) electrons. The number of rotatable bonds is 9. The molecule has 0 aliphatic carbocycles. The topological polar surface area (TPSA) is 36.9 Å². The van der Waals surface area contributed by atoms with Gasteiger partial charge in [-0.25, -0.2) is 0 Å². The molecule has 0 aromatic heterocycles. The molecule has 0 saturated heterocycles. The maximum Gasteiger partial charge on any atom is 0.287 e. The molecule has 19 heavy (non-hydrogen) atoms. The average Bonchev–Trinajstić information content (AvgIpc) is 2.40. The summed E-state index contributed by atoms with van der Waals surface area (Å²) in [6, 6.07) is 7.83. The van der Waals surface area contributed by atoms with E-state index in [1.165, 1.54) is 0 Å². The van der Waals surface area contributed by atoms with E-state index in [-0.39, 0.29) is 0 Å². The van der Waals surface area contributed by atoms with Crippen molar-refractivity contribution in [2.75, 3.05) is 26.9 Å². The van der Waals surface area contributed by atoms with Crippen molar-refractivity contribution in [2.24, 2.45) is 0 Å². The average molecular weight is 268 g/mol. The summed E-state index contributed by atoms with van der Waals surface area (Å²) in [4.78, 5) is 0. The van der Waals surface area contributed by atoms with Crippen molar-refractivity contribution in [1.29, 1.82) is 0 Å². The van der Waals surface area contributed by atoms with Gasteiger partial charge in [0.25, 0.3) is 5.97 Å². The third-order valence-corrected chi connectivity index (χ3v) is 2.65. The van der Waals surface area contributed by atoms with Crippen LogP contribution in [0.25, 0.3) is 0 Å². The lowest BCUT2D eigenvalue weighted by Crippen LogP contribution is -2.41. The molecule has 0 bridgehead atoms. The van der Waals surface area contributed by atoms with Crippen molar-refractivity contribution in [3.63, 3.8) is 0 Å². The summed E-state index contributed by atoms with van der Waals surface area (Å²) < 4.78 is 22.3. The molecule has 4 heteroatoms. The highest BCUT2D eigenvalue weighted by molar-refractivity contribution is 5.28. The van der Waals surface area contributed by atoms with Crippen LogP contribution in [0.15, 0.2) is 24.3 Å². The second-order valence-corrected chi connectivity index (χ2v) is 4.01. The molecule has 0 spiro atoms. The summed E-state index contributed by atoms with van der Waals surface area (Å²) in [6.07, 6.45) is 0.528. The van der Waals surface area contributed by atoms with Gasteiger partial charge in [-0.3, -0.25) is 0 Å². The Morgan fingerprint density at radius 1 is 0.947 bits per heavy atom. The zero-order valence-electron chi connectivity index (χ0n) is 12.3. The van der Waals surface area contributed by atoms with Gasteiger partial charge >= 0.3 is 0 Å². The standard InChI is InChI=1S/C15H24O4/c1-5-17-15(18-6-2,19-7-3)12-13-9-8-10-14(11-13)16-4/h8-11H,5-7,12H2,1-4H3. The van der Waals surface area contributed by atoms with Gasteiger partial charge in [0, 0.05) is 19.8 Å². The van der Waals surface area contributed by atoms with Gasteiger partial charge in [-0.05, 0) is 38.5 Å². The van der Waals surface area contributed by atoms with Crippen LogP contribution >= 0.6 is 0 Å². The number of benzene rings is 1. The van der Waals surface area contributed by atoms with E-state index >= 15 is 0 Å². The van der Waals surface area contributed by atoms with Crippen molar-refractivity contribution in [3.05, 3.63) is 29.8 Å². The Morgan fingerprint density at radius 2 is 1.53 bits per heavy atom. The Morgan fingerprint density at radius 3 is 2.00 bits per heavy atom. The van der Waals surface area contributed by atoms with E-state index in [4.69, 9.17) is 18.9 Å². The lowest BCUT2D eigenvalue weighted by atomic mass is 10.1. The lowest BCUT2D eigenvalue weighted by molar-refractivity contribution is -0.376. The largest absolute Gasteiger partial charge is 0.497 e. The first kappa shape index (κ1) is 16.0. The van der Waals surface area contributed by atoms with E-state index < -0.39 is 5.97 Å². The second kappa shape index (κ2) is 8.15. The highest BCUT2D eigenvalue weighted by atomic mass is 16.9. The maximum atomic E-state index is 5.70. The number of hydrogen-bond acceptors (Lipinski definition) is 4. The van der Waals surface area contributed by atoms with Crippen LogP contribution in [0.2, 0.25) is 0 Å². The zero-order valence-corrected chi connectivity index (χ0v) is 12.3. The van der Waals surface area contributed by atoms with E-state index in [2.05, 4.69) is 0 Å². The molecule has 0 N–H and O–H groups in total. The van der Waals surface area contributed by atoms with Crippen LogP contribution in [-0.2, 0) is 20.6 Å². The van der Waals surface area contributed by atoms with Gasteiger partial charge in [-0.2, -0.15) is 0 Å². The zero-order chi connectivity index (χ0) is 14.1. The molecule has 0 fully saturated rings. The third kappa shape index (κ3) is 4.82. The molecule has 1 aromatic carbocycles. The molecule has 0 saturated carbocycles. The predicted molar refractivity (Wildman–Crippen MR) is 74.3 cm³/mol. The summed E-state index contributed by atoms with van der Waals surface area (Å²) in [5.41, 5.74) is 1.05. The molecule has 4 nitrogen and oxygen atoms in total. The van der Waals surface area contributed by atoms with Crippen molar-refractivity contribution in [3.8, 4) is 5.75 Å². The molecular weight excluding hydrogens is 244 g/mol. The number of methoxy groups -OCH3 is 1. The smallest absolute Gasteiger partial charge is 0.287 e. The van der Waals surface area contributed by atoms with Crippen LogP contribution < -0.4 is 4.74 Å². The lowest BCUT2D eigenvalue weighted by Gasteiger charge is -2.32. The van der Waals surface area contributed by atoms with Gasteiger partial charge in [-0.15, -0.1) is 0 Å². The first-order valence-corrected chi connectivity index (χ1v) is 6.74. The maximum absolute atomic E-state index is 5.70. The van der Waals surface area contributed by atoms with Crippen LogP contribution in [-0.4, -0.2) is 32.9 Å². The van der Waals surface area contributed by atoms with E-state index in [9.17, 15) is 0 Å². The van der Waals surface area contributed by atoms with Gasteiger partial charge < -0.3 is 18.9 Å². The number of hydrogen-bond donors (Lipinski definition) is 0.